The summed E-state index contributed by atoms with van der Waals surface area (Å²) in [5, 5.41) is 7.22. The highest BCUT2D eigenvalue weighted by atomic mass is 16.3. The van der Waals surface area contributed by atoms with Crippen molar-refractivity contribution in [3.05, 3.63) is 72.4 Å². The molecule has 144 valence electrons. The van der Waals surface area contributed by atoms with Gasteiger partial charge in [-0.05, 0) is 42.7 Å². The highest BCUT2D eigenvalue weighted by Gasteiger charge is 2.28. The lowest BCUT2D eigenvalue weighted by Gasteiger charge is -2.31. The number of furan rings is 1. The first-order chi connectivity index (χ1) is 13.7. The van der Waals surface area contributed by atoms with E-state index < -0.39 is 0 Å². The number of nitrogens with one attached hydrogen (secondary N) is 1. The number of piperidine rings is 1. The summed E-state index contributed by atoms with van der Waals surface area (Å²) in [6, 6.07) is 11.4. The lowest BCUT2D eigenvalue weighted by molar-refractivity contribution is -0.121. The molecule has 7 nitrogen and oxygen atoms in total. The molecule has 0 spiro atoms. The van der Waals surface area contributed by atoms with Crippen molar-refractivity contribution >= 4 is 17.5 Å². The molecule has 4 rings (SSSR count). The average molecular weight is 378 g/mol. The van der Waals surface area contributed by atoms with E-state index in [0.717, 1.165) is 11.3 Å². The third-order valence-electron chi connectivity index (χ3n) is 5.02. The monoisotopic (exact) mass is 378 g/mol. The van der Waals surface area contributed by atoms with Crippen LogP contribution >= 0.6 is 0 Å². The van der Waals surface area contributed by atoms with Gasteiger partial charge in [-0.2, -0.15) is 5.10 Å². The van der Waals surface area contributed by atoms with Crippen LogP contribution in [0.2, 0.25) is 0 Å². The molecule has 0 atom stereocenters. The number of carbonyl (C=O) groups excluding carboxylic acids is 2. The van der Waals surface area contributed by atoms with Crippen LogP contribution in [0.25, 0.3) is 0 Å². The van der Waals surface area contributed by atoms with E-state index in [9.17, 15) is 9.59 Å². The Labute approximate surface area is 162 Å². The molecular weight excluding hydrogens is 356 g/mol. The highest BCUT2D eigenvalue weighted by molar-refractivity contribution is 5.95. The fourth-order valence-electron chi connectivity index (χ4n) is 3.49. The first-order valence-corrected chi connectivity index (χ1v) is 9.38. The molecule has 3 heterocycles. The van der Waals surface area contributed by atoms with Gasteiger partial charge in [-0.3, -0.25) is 14.3 Å². The van der Waals surface area contributed by atoms with E-state index in [2.05, 4.69) is 10.4 Å². The molecule has 28 heavy (non-hydrogen) atoms. The Bertz CT molecular complexity index is 926. The van der Waals surface area contributed by atoms with Crippen LogP contribution in [0, 0.1) is 5.92 Å². The van der Waals surface area contributed by atoms with Gasteiger partial charge in [0.1, 0.15) is 6.26 Å². The van der Waals surface area contributed by atoms with Crippen LogP contribution in [0.15, 0.2) is 65.7 Å². The van der Waals surface area contributed by atoms with Gasteiger partial charge in [0.2, 0.25) is 5.91 Å². The number of rotatable bonds is 5. The number of nitrogens with zero attached hydrogens (tertiary/aromatic N) is 3. The van der Waals surface area contributed by atoms with Crippen molar-refractivity contribution in [2.24, 2.45) is 5.92 Å². The third kappa shape index (κ3) is 4.14. The Morgan fingerprint density at radius 3 is 2.75 bits per heavy atom. The van der Waals surface area contributed by atoms with E-state index in [0.29, 0.717) is 38.0 Å². The van der Waals surface area contributed by atoms with Crippen LogP contribution < -0.4 is 5.32 Å². The number of hydrogen-bond donors (Lipinski definition) is 1. The van der Waals surface area contributed by atoms with Crippen LogP contribution in [0.4, 0.5) is 5.69 Å². The summed E-state index contributed by atoms with van der Waals surface area (Å²) in [7, 11) is 0. The van der Waals surface area contributed by atoms with Gasteiger partial charge in [-0.25, -0.2) is 0 Å². The smallest absolute Gasteiger partial charge is 0.257 e. The van der Waals surface area contributed by atoms with Gasteiger partial charge in [-0.15, -0.1) is 0 Å². The van der Waals surface area contributed by atoms with Crippen LogP contribution in [-0.4, -0.2) is 39.6 Å². The number of likely N-dealkylation sites (tertiary alicyclic amines) is 1. The summed E-state index contributed by atoms with van der Waals surface area (Å²) in [5.41, 5.74) is 2.41. The minimum atomic E-state index is -0.0943. The molecule has 7 heteroatoms. The number of aromatic nitrogens is 2. The molecule has 1 aliphatic heterocycles. The van der Waals surface area contributed by atoms with Crippen molar-refractivity contribution in [3.63, 3.8) is 0 Å². The predicted molar refractivity (Wildman–Crippen MR) is 104 cm³/mol. The number of amides is 2. The predicted octanol–water partition coefficient (Wildman–Crippen LogP) is 3.02. The molecule has 0 radical (unpaired) electrons. The Balaban J connectivity index is 1.32. The molecule has 1 aliphatic rings. The molecule has 1 aromatic carbocycles. The van der Waals surface area contributed by atoms with Gasteiger partial charge in [0, 0.05) is 37.1 Å². The second-order valence-electron chi connectivity index (χ2n) is 6.97. The topological polar surface area (TPSA) is 80.4 Å². The standard InChI is InChI=1S/C21H22N4O3/c26-20(17-5-10-24(11-6-17)21(27)18-7-12-28-15-18)23-19-4-1-3-16(13-19)14-25-9-2-8-22-25/h1-4,7-9,12-13,15,17H,5-6,10-11,14H2,(H,23,26). The van der Waals surface area contributed by atoms with Crippen LogP contribution in [0.5, 0.6) is 0 Å². The quantitative estimate of drug-likeness (QED) is 0.740. The molecule has 3 aromatic rings. The van der Waals surface area contributed by atoms with Gasteiger partial charge in [-0.1, -0.05) is 12.1 Å². The van der Waals surface area contributed by atoms with Crippen molar-refractivity contribution in [3.8, 4) is 0 Å². The summed E-state index contributed by atoms with van der Waals surface area (Å²) in [5.74, 6) is -0.131. The lowest BCUT2D eigenvalue weighted by atomic mass is 9.95. The summed E-state index contributed by atoms with van der Waals surface area (Å²) >= 11 is 0. The Kier molecular flexibility index (Phi) is 5.23. The third-order valence-corrected chi connectivity index (χ3v) is 5.02. The van der Waals surface area contributed by atoms with E-state index in [1.54, 1.807) is 17.2 Å². The zero-order chi connectivity index (χ0) is 19.3. The molecule has 1 saturated heterocycles. The largest absolute Gasteiger partial charge is 0.472 e. The van der Waals surface area contributed by atoms with E-state index in [1.165, 1.54) is 12.5 Å². The average Bonchev–Trinajstić information content (AvgIpc) is 3.42. The maximum atomic E-state index is 12.7. The number of anilines is 1. The highest BCUT2D eigenvalue weighted by Crippen LogP contribution is 2.21. The molecule has 2 aromatic heterocycles. The molecule has 1 fully saturated rings. The first-order valence-electron chi connectivity index (χ1n) is 9.38. The normalized spacial score (nSPS) is 14.8. The van der Waals surface area contributed by atoms with Gasteiger partial charge in [0.05, 0.1) is 18.4 Å². The van der Waals surface area contributed by atoms with Crippen molar-refractivity contribution in [2.45, 2.75) is 19.4 Å². The lowest BCUT2D eigenvalue weighted by Crippen LogP contribution is -2.41. The van der Waals surface area contributed by atoms with Crippen molar-refractivity contribution in [2.75, 3.05) is 18.4 Å². The van der Waals surface area contributed by atoms with Crippen LogP contribution in [-0.2, 0) is 11.3 Å². The molecule has 2 amide bonds. The van der Waals surface area contributed by atoms with E-state index >= 15 is 0 Å². The maximum absolute atomic E-state index is 12.7. The Hall–Kier alpha value is -3.35. The van der Waals surface area contributed by atoms with Gasteiger partial charge in [0.25, 0.3) is 5.91 Å². The minimum Gasteiger partial charge on any atom is -0.472 e. The second-order valence-corrected chi connectivity index (χ2v) is 6.97. The molecular formula is C21H22N4O3. The Morgan fingerprint density at radius 2 is 2.04 bits per heavy atom. The van der Waals surface area contributed by atoms with Crippen molar-refractivity contribution < 1.29 is 14.0 Å². The Morgan fingerprint density at radius 1 is 1.18 bits per heavy atom. The van der Waals surface area contributed by atoms with E-state index in [4.69, 9.17) is 4.42 Å². The molecule has 0 unspecified atom stereocenters. The number of benzene rings is 1. The van der Waals surface area contributed by atoms with Crippen LogP contribution in [0.3, 0.4) is 0 Å². The molecule has 1 N–H and O–H groups in total. The van der Waals surface area contributed by atoms with Crippen molar-refractivity contribution in [1.82, 2.24) is 14.7 Å². The summed E-state index contributed by atoms with van der Waals surface area (Å²) < 4.78 is 6.82. The van der Waals surface area contributed by atoms with Crippen LogP contribution in [0.1, 0.15) is 28.8 Å². The summed E-state index contributed by atoms with van der Waals surface area (Å²) in [4.78, 5) is 26.8. The SMILES string of the molecule is O=C(Nc1cccc(Cn2cccn2)c1)C1CCN(C(=O)c2ccoc2)CC1. The number of hydrogen-bond acceptors (Lipinski definition) is 4. The van der Waals surface area contributed by atoms with Crippen molar-refractivity contribution in [1.29, 1.82) is 0 Å². The zero-order valence-electron chi connectivity index (χ0n) is 15.5. The fraction of sp³-hybridized carbons (Fsp3) is 0.286. The number of carbonyl (C=O) groups is 2. The van der Waals surface area contributed by atoms with Gasteiger partial charge >= 0.3 is 0 Å². The molecule has 0 saturated carbocycles. The molecule has 0 bridgehead atoms. The summed E-state index contributed by atoms with van der Waals surface area (Å²) in [6.07, 6.45) is 7.91. The summed E-state index contributed by atoms with van der Waals surface area (Å²) in [6.45, 7) is 1.80. The molecule has 0 aliphatic carbocycles. The van der Waals surface area contributed by atoms with Gasteiger partial charge in [0.15, 0.2) is 0 Å². The minimum absolute atomic E-state index is 0.00616. The maximum Gasteiger partial charge on any atom is 0.257 e. The first kappa shape index (κ1) is 18.0. The second kappa shape index (κ2) is 8.12. The van der Waals surface area contributed by atoms with Gasteiger partial charge < -0.3 is 14.6 Å². The zero-order valence-corrected chi connectivity index (χ0v) is 15.5. The van der Waals surface area contributed by atoms with E-state index in [1.807, 2.05) is 41.2 Å². The van der Waals surface area contributed by atoms with E-state index in [-0.39, 0.29) is 17.7 Å². The fourth-order valence-corrected chi connectivity index (χ4v) is 3.49.